The SMILES string of the molecule is COC1COC(CO)(Cn2cc(C3CC4(C3)CC(F)(F)C4)nn2)C(O)C1. The van der Waals surface area contributed by atoms with Crippen LogP contribution in [0.4, 0.5) is 8.78 Å². The predicted molar refractivity (Wildman–Crippen MR) is 85.8 cm³/mol. The number of rotatable bonds is 5. The molecule has 1 saturated heterocycles. The highest BCUT2D eigenvalue weighted by Crippen LogP contribution is 2.66. The lowest BCUT2D eigenvalue weighted by atomic mass is 9.50. The van der Waals surface area contributed by atoms with E-state index in [2.05, 4.69) is 10.3 Å². The first-order chi connectivity index (χ1) is 12.3. The maximum Gasteiger partial charge on any atom is 0.249 e. The lowest BCUT2D eigenvalue weighted by Crippen LogP contribution is -2.57. The normalized spacial score (nSPS) is 35.9. The van der Waals surface area contributed by atoms with Crippen molar-refractivity contribution in [2.24, 2.45) is 5.41 Å². The molecular formula is C17H25F2N3O4. The predicted octanol–water partition coefficient (Wildman–Crippen LogP) is 1.10. The van der Waals surface area contributed by atoms with E-state index in [1.807, 2.05) is 0 Å². The van der Waals surface area contributed by atoms with Crippen LogP contribution in [0.3, 0.4) is 0 Å². The summed E-state index contributed by atoms with van der Waals surface area (Å²) in [6, 6.07) is 0. The van der Waals surface area contributed by atoms with E-state index in [0.717, 1.165) is 18.5 Å². The minimum absolute atomic E-state index is 0.0149. The van der Waals surface area contributed by atoms with E-state index in [-0.39, 0.29) is 50.0 Å². The molecule has 1 aliphatic heterocycles. The molecule has 7 nitrogen and oxygen atoms in total. The van der Waals surface area contributed by atoms with E-state index in [1.165, 1.54) is 0 Å². The molecule has 1 spiro atoms. The van der Waals surface area contributed by atoms with E-state index in [9.17, 15) is 19.0 Å². The Hall–Kier alpha value is -1.16. The van der Waals surface area contributed by atoms with Crippen LogP contribution in [0.25, 0.3) is 0 Å². The van der Waals surface area contributed by atoms with Crippen LogP contribution in [0.15, 0.2) is 6.20 Å². The van der Waals surface area contributed by atoms with Gasteiger partial charge in [0.1, 0.15) is 5.60 Å². The van der Waals surface area contributed by atoms with Crippen molar-refractivity contribution in [1.29, 1.82) is 0 Å². The zero-order valence-corrected chi connectivity index (χ0v) is 14.8. The van der Waals surface area contributed by atoms with Gasteiger partial charge in [0.15, 0.2) is 0 Å². The van der Waals surface area contributed by atoms with Gasteiger partial charge in [0.25, 0.3) is 0 Å². The molecule has 2 aliphatic carbocycles. The van der Waals surface area contributed by atoms with Crippen molar-refractivity contribution in [3.05, 3.63) is 11.9 Å². The Bertz CT molecular complexity index is 654. The van der Waals surface area contributed by atoms with Crippen LogP contribution in [0.1, 0.15) is 43.7 Å². The van der Waals surface area contributed by atoms with Crippen molar-refractivity contribution < 1.29 is 28.5 Å². The second-order valence-corrected chi connectivity index (χ2v) is 8.30. The first-order valence-corrected chi connectivity index (χ1v) is 9.02. The molecule has 3 atom stereocenters. The maximum absolute atomic E-state index is 13.1. The van der Waals surface area contributed by atoms with E-state index in [1.54, 1.807) is 18.0 Å². The van der Waals surface area contributed by atoms with Crippen molar-refractivity contribution in [3.8, 4) is 0 Å². The third kappa shape index (κ3) is 3.04. The number of aromatic nitrogens is 3. The van der Waals surface area contributed by atoms with Crippen molar-refractivity contribution in [2.75, 3.05) is 20.3 Å². The standard InChI is InChI=1S/C17H25F2N3O4/c1-25-12-2-14(24)16(10-23,26-6-12)9-22-5-13(20-21-22)11-3-15(4-11)7-17(18,19)8-15/h5,11-12,14,23-24H,2-4,6-10H2,1H3. The summed E-state index contributed by atoms with van der Waals surface area (Å²) in [6.45, 7) is 0.112. The molecular weight excluding hydrogens is 348 g/mol. The zero-order chi connectivity index (χ0) is 18.6. The highest BCUT2D eigenvalue weighted by molar-refractivity contribution is 5.17. The van der Waals surface area contributed by atoms with Gasteiger partial charge in [-0.15, -0.1) is 5.10 Å². The number of alkyl halides is 2. The van der Waals surface area contributed by atoms with Crippen LogP contribution >= 0.6 is 0 Å². The summed E-state index contributed by atoms with van der Waals surface area (Å²) in [5, 5.41) is 28.5. The van der Waals surface area contributed by atoms with Gasteiger partial charge >= 0.3 is 0 Å². The van der Waals surface area contributed by atoms with Gasteiger partial charge in [0.05, 0.1) is 37.7 Å². The Morgan fingerprint density at radius 2 is 2.12 bits per heavy atom. The molecule has 9 heteroatoms. The molecule has 2 heterocycles. The van der Waals surface area contributed by atoms with Crippen molar-refractivity contribution in [1.82, 2.24) is 15.0 Å². The van der Waals surface area contributed by atoms with Crippen LogP contribution in [0, 0.1) is 5.41 Å². The van der Waals surface area contributed by atoms with Gasteiger partial charge in [-0.3, -0.25) is 0 Å². The number of methoxy groups -OCH3 is 1. The first kappa shape index (κ1) is 18.2. The number of nitrogens with zero attached hydrogens (tertiary/aromatic N) is 3. The van der Waals surface area contributed by atoms with Gasteiger partial charge in [-0.05, 0) is 18.3 Å². The average Bonchev–Trinajstić information content (AvgIpc) is 2.99. The van der Waals surface area contributed by atoms with E-state index in [0.29, 0.717) is 6.42 Å². The summed E-state index contributed by atoms with van der Waals surface area (Å²) >= 11 is 0. The number of hydrogen-bond donors (Lipinski definition) is 2. The fraction of sp³-hybridized carbons (Fsp3) is 0.882. The topological polar surface area (TPSA) is 89.6 Å². The largest absolute Gasteiger partial charge is 0.393 e. The highest BCUT2D eigenvalue weighted by Gasteiger charge is 2.62. The summed E-state index contributed by atoms with van der Waals surface area (Å²) in [5.41, 5.74) is -0.571. The zero-order valence-electron chi connectivity index (χ0n) is 14.8. The summed E-state index contributed by atoms with van der Waals surface area (Å²) in [6.07, 6.45) is 2.47. The monoisotopic (exact) mass is 373 g/mol. The quantitative estimate of drug-likeness (QED) is 0.803. The van der Waals surface area contributed by atoms with Gasteiger partial charge < -0.3 is 19.7 Å². The molecule has 26 heavy (non-hydrogen) atoms. The number of ether oxygens (including phenoxy) is 2. The molecule has 3 aliphatic rings. The summed E-state index contributed by atoms with van der Waals surface area (Å²) < 4.78 is 38.7. The van der Waals surface area contributed by atoms with Crippen LogP contribution in [-0.2, 0) is 16.0 Å². The third-order valence-electron chi connectivity index (χ3n) is 6.28. The van der Waals surface area contributed by atoms with Crippen LogP contribution in [0.5, 0.6) is 0 Å². The summed E-state index contributed by atoms with van der Waals surface area (Å²) in [4.78, 5) is 0. The molecule has 146 valence electrons. The molecule has 1 aromatic rings. The summed E-state index contributed by atoms with van der Waals surface area (Å²) in [5.74, 6) is -2.34. The minimum atomic E-state index is -2.50. The van der Waals surface area contributed by atoms with Gasteiger partial charge in [-0.1, -0.05) is 5.21 Å². The number of aliphatic hydroxyl groups excluding tert-OH is 2. The maximum atomic E-state index is 13.1. The Kier molecular flexibility index (Phi) is 4.33. The number of aliphatic hydroxyl groups is 2. The molecule has 1 aromatic heterocycles. The molecule has 0 bridgehead atoms. The lowest BCUT2D eigenvalue weighted by Gasteiger charge is -2.56. The second kappa shape index (κ2) is 6.19. The smallest absolute Gasteiger partial charge is 0.249 e. The fourth-order valence-electron chi connectivity index (χ4n) is 4.78. The Labute approximate surface area is 150 Å². The number of halogens is 2. The molecule has 0 amide bonds. The van der Waals surface area contributed by atoms with Gasteiger partial charge in [0, 0.05) is 38.5 Å². The molecule has 2 N–H and O–H groups in total. The molecule has 0 radical (unpaired) electrons. The fourth-order valence-corrected chi connectivity index (χ4v) is 4.78. The highest BCUT2D eigenvalue weighted by atomic mass is 19.3. The Balaban J connectivity index is 1.38. The molecule has 3 fully saturated rings. The van der Waals surface area contributed by atoms with Gasteiger partial charge in [-0.25, -0.2) is 13.5 Å². The Morgan fingerprint density at radius 3 is 2.69 bits per heavy atom. The molecule has 0 aromatic carbocycles. The van der Waals surface area contributed by atoms with Crippen LogP contribution in [-0.4, -0.2) is 69.3 Å². The van der Waals surface area contributed by atoms with Crippen LogP contribution in [0.2, 0.25) is 0 Å². The summed E-state index contributed by atoms with van der Waals surface area (Å²) in [7, 11) is 1.56. The van der Waals surface area contributed by atoms with Crippen LogP contribution < -0.4 is 0 Å². The van der Waals surface area contributed by atoms with Crippen molar-refractivity contribution in [2.45, 2.75) is 68.3 Å². The van der Waals surface area contributed by atoms with Gasteiger partial charge in [0.2, 0.25) is 5.92 Å². The third-order valence-corrected chi connectivity index (χ3v) is 6.28. The van der Waals surface area contributed by atoms with E-state index >= 15 is 0 Å². The van der Waals surface area contributed by atoms with Crippen molar-refractivity contribution >= 4 is 0 Å². The molecule has 2 saturated carbocycles. The Morgan fingerprint density at radius 1 is 1.38 bits per heavy atom. The van der Waals surface area contributed by atoms with Crippen molar-refractivity contribution in [3.63, 3.8) is 0 Å². The van der Waals surface area contributed by atoms with E-state index in [4.69, 9.17) is 9.47 Å². The second-order valence-electron chi connectivity index (χ2n) is 8.30. The molecule has 4 rings (SSSR count). The number of hydrogen-bond acceptors (Lipinski definition) is 6. The lowest BCUT2D eigenvalue weighted by molar-refractivity contribution is -0.214. The molecule has 3 unspecified atom stereocenters. The van der Waals surface area contributed by atoms with Gasteiger partial charge in [-0.2, -0.15) is 0 Å². The minimum Gasteiger partial charge on any atom is -0.393 e. The van der Waals surface area contributed by atoms with E-state index < -0.39 is 17.6 Å². The average molecular weight is 373 g/mol. The first-order valence-electron chi connectivity index (χ1n) is 9.02.